The molecule has 0 fully saturated rings. The number of hydrogen-bond acceptors (Lipinski definition) is 6. The Bertz CT molecular complexity index is 1400. The molecule has 0 aliphatic rings. The van der Waals surface area contributed by atoms with Gasteiger partial charge in [0.25, 0.3) is 5.91 Å². The van der Waals surface area contributed by atoms with Crippen LogP contribution in [-0.4, -0.2) is 40.7 Å². The molecule has 2 heterocycles. The van der Waals surface area contributed by atoms with E-state index in [0.717, 1.165) is 6.07 Å². The number of ether oxygens (including phenoxy) is 2. The number of hydrogen-bond donors (Lipinski definition) is 2. The average Bonchev–Trinajstić information content (AvgIpc) is 3.14. The standard InChI is InChI=1S/C24H21F4N5O3/c1-33-21-6-4-15(36-16-7-8-29-20(13-16)22(34)30-9-10-35-2)12-19(21)32-23(33)31-18-11-14(24(26,27)28)3-5-17(18)25/h3-8,11-13H,9-10H2,1-2H3,(H,30,34)(H,31,32). The van der Waals surface area contributed by atoms with Crippen LogP contribution in [0.3, 0.4) is 0 Å². The maximum atomic E-state index is 14.2. The quantitative estimate of drug-likeness (QED) is 0.259. The van der Waals surface area contributed by atoms with E-state index in [2.05, 4.69) is 20.6 Å². The Labute approximate surface area is 202 Å². The SMILES string of the molecule is COCCNC(=O)c1cc(Oc2ccc3c(c2)nc(Nc2cc(C(F)(F)F)ccc2F)n3C)ccn1. The molecule has 0 saturated heterocycles. The molecule has 0 radical (unpaired) electrons. The maximum Gasteiger partial charge on any atom is 0.416 e. The largest absolute Gasteiger partial charge is 0.457 e. The molecule has 0 unspecified atom stereocenters. The van der Waals surface area contributed by atoms with Crippen LogP contribution in [0, 0.1) is 5.82 Å². The average molecular weight is 503 g/mol. The lowest BCUT2D eigenvalue weighted by Gasteiger charge is -2.11. The first-order chi connectivity index (χ1) is 17.2. The van der Waals surface area contributed by atoms with Crippen LogP contribution in [0.5, 0.6) is 11.5 Å². The number of rotatable bonds is 8. The van der Waals surface area contributed by atoms with Crippen LogP contribution in [0.25, 0.3) is 11.0 Å². The number of imidazole rings is 1. The molecule has 0 spiro atoms. The molecule has 4 aromatic rings. The molecular formula is C24H21F4N5O3. The number of carbonyl (C=O) groups is 1. The van der Waals surface area contributed by atoms with E-state index in [1.54, 1.807) is 35.9 Å². The lowest BCUT2D eigenvalue weighted by atomic mass is 10.2. The Morgan fingerprint density at radius 3 is 2.61 bits per heavy atom. The summed E-state index contributed by atoms with van der Waals surface area (Å²) < 4.78 is 65.6. The highest BCUT2D eigenvalue weighted by Gasteiger charge is 2.31. The third-order valence-corrected chi connectivity index (χ3v) is 5.18. The maximum absolute atomic E-state index is 14.2. The molecule has 2 N–H and O–H groups in total. The van der Waals surface area contributed by atoms with Gasteiger partial charge in [0.1, 0.15) is 23.0 Å². The summed E-state index contributed by atoms with van der Waals surface area (Å²) in [6, 6.07) is 10.2. The summed E-state index contributed by atoms with van der Waals surface area (Å²) in [5.41, 5.74) is -0.0866. The van der Waals surface area contributed by atoms with E-state index in [0.29, 0.717) is 47.8 Å². The van der Waals surface area contributed by atoms with Crippen LogP contribution in [0.1, 0.15) is 16.1 Å². The van der Waals surface area contributed by atoms with Gasteiger partial charge in [0.15, 0.2) is 0 Å². The van der Waals surface area contributed by atoms with Crippen LogP contribution < -0.4 is 15.4 Å². The Hall–Kier alpha value is -4.19. The van der Waals surface area contributed by atoms with Gasteiger partial charge in [-0.25, -0.2) is 9.37 Å². The number of fused-ring (bicyclic) bond motifs is 1. The van der Waals surface area contributed by atoms with Crippen LogP contribution in [0.15, 0.2) is 54.7 Å². The zero-order valence-corrected chi connectivity index (χ0v) is 19.2. The second-order valence-corrected chi connectivity index (χ2v) is 7.69. The number of carbonyl (C=O) groups excluding carboxylic acids is 1. The van der Waals surface area contributed by atoms with Crippen LogP contribution >= 0.6 is 0 Å². The third kappa shape index (κ3) is 5.54. The van der Waals surface area contributed by atoms with Gasteiger partial charge in [0, 0.05) is 39.0 Å². The Morgan fingerprint density at radius 1 is 1.08 bits per heavy atom. The van der Waals surface area contributed by atoms with Crippen molar-refractivity contribution in [1.82, 2.24) is 19.9 Å². The highest BCUT2D eigenvalue weighted by Crippen LogP contribution is 2.33. The van der Waals surface area contributed by atoms with Gasteiger partial charge in [-0.2, -0.15) is 13.2 Å². The highest BCUT2D eigenvalue weighted by molar-refractivity contribution is 5.92. The molecule has 0 saturated carbocycles. The van der Waals surface area contributed by atoms with Crippen molar-refractivity contribution in [3.05, 3.63) is 71.8 Å². The van der Waals surface area contributed by atoms with Crippen molar-refractivity contribution >= 4 is 28.6 Å². The topological polar surface area (TPSA) is 90.3 Å². The minimum absolute atomic E-state index is 0.138. The summed E-state index contributed by atoms with van der Waals surface area (Å²) in [7, 11) is 3.17. The molecule has 0 atom stereocenters. The van der Waals surface area contributed by atoms with E-state index in [9.17, 15) is 22.4 Å². The number of benzene rings is 2. The number of pyridine rings is 1. The number of anilines is 2. The van der Waals surface area contributed by atoms with Gasteiger partial charge in [-0.15, -0.1) is 0 Å². The summed E-state index contributed by atoms with van der Waals surface area (Å²) >= 11 is 0. The van der Waals surface area contributed by atoms with E-state index >= 15 is 0 Å². The van der Waals surface area contributed by atoms with Gasteiger partial charge < -0.3 is 24.7 Å². The highest BCUT2D eigenvalue weighted by atomic mass is 19.4. The zero-order chi connectivity index (χ0) is 25.9. The Balaban J connectivity index is 1.55. The van der Waals surface area contributed by atoms with Crippen LogP contribution in [0.4, 0.5) is 29.2 Å². The van der Waals surface area contributed by atoms with Crippen molar-refractivity contribution in [1.29, 1.82) is 0 Å². The summed E-state index contributed by atoms with van der Waals surface area (Å²) in [5, 5.41) is 5.30. The van der Waals surface area contributed by atoms with Crippen molar-refractivity contribution in [2.75, 3.05) is 25.6 Å². The molecule has 8 nitrogen and oxygen atoms in total. The van der Waals surface area contributed by atoms with Crippen molar-refractivity contribution < 1.29 is 31.8 Å². The van der Waals surface area contributed by atoms with Gasteiger partial charge in [-0.3, -0.25) is 9.78 Å². The number of aromatic nitrogens is 3. The first-order valence-corrected chi connectivity index (χ1v) is 10.7. The summed E-state index contributed by atoms with van der Waals surface area (Å²) in [6.45, 7) is 0.697. The molecule has 4 rings (SSSR count). The number of methoxy groups -OCH3 is 1. The minimum atomic E-state index is -4.61. The number of nitrogens with one attached hydrogen (secondary N) is 2. The van der Waals surface area contributed by atoms with Gasteiger partial charge in [-0.05, 0) is 36.4 Å². The molecule has 2 aromatic heterocycles. The fourth-order valence-corrected chi connectivity index (χ4v) is 3.36. The molecule has 188 valence electrons. The molecule has 12 heteroatoms. The Kier molecular flexibility index (Phi) is 7.06. The number of amides is 1. The van der Waals surface area contributed by atoms with Crippen LogP contribution in [0.2, 0.25) is 0 Å². The number of alkyl halides is 3. The second-order valence-electron chi connectivity index (χ2n) is 7.69. The molecule has 0 aliphatic heterocycles. The monoisotopic (exact) mass is 503 g/mol. The minimum Gasteiger partial charge on any atom is -0.457 e. The van der Waals surface area contributed by atoms with Gasteiger partial charge >= 0.3 is 6.18 Å². The van der Waals surface area contributed by atoms with E-state index in [1.807, 2.05) is 0 Å². The van der Waals surface area contributed by atoms with E-state index in [-0.39, 0.29) is 23.2 Å². The van der Waals surface area contributed by atoms with Crippen LogP contribution in [-0.2, 0) is 18.0 Å². The molecule has 0 aliphatic carbocycles. The van der Waals surface area contributed by atoms with Gasteiger partial charge in [0.05, 0.1) is 28.9 Å². The lowest BCUT2D eigenvalue weighted by Crippen LogP contribution is -2.27. The zero-order valence-electron chi connectivity index (χ0n) is 19.2. The molecular weight excluding hydrogens is 482 g/mol. The summed E-state index contributed by atoms with van der Waals surface area (Å²) in [6.07, 6.45) is -3.17. The van der Waals surface area contributed by atoms with Gasteiger partial charge in [0.2, 0.25) is 5.95 Å². The smallest absolute Gasteiger partial charge is 0.416 e. The fourth-order valence-electron chi connectivity index (χ4n) is 3.36. The van der Waals surface area contributed by atoms with E-state index in [4.69, 9.17) is 9.47 Å². The van der Waals surface area contributed by atoms with E-state index in [1.165, 1.54) is 19.4 Å². The third-order valence-electron chi connectivity index (χ3n) is 5.18. The second kappa shape index (κ2) is 10.2. The lowest BCUT2D eigenvalue weighted by molar-refractivity contribution is -0.137. The normalized spacial score (nSPS) is 11.5. The van der Waals surface area contributed by atoms with E-state index < -0.39 is 17.6 Å². The van der Waals surface area contributed by atoms with Gasteiger partial charge in [-0.1, -0.05) is 0 Å². The molecule has 2 aromatic carbocycles. The van der Waals surface area contributed by atoms with Crippen molar-refractivity contribution in [2.24, 2.45) is 7.05 Å². The first-order valence-electron chi connectivity index (χ1n) is 10.7. The molecule has 36 heavy (non-hydrogen) atoms. The number of halogens is 4. The number of aryl methyl sites for hydroxylation is 1. The first kappa shape index (κ1) is 24.9. The molecule has 1 amide bonds. The summed E-state index contributed by atoms with van der Waals surface area (Å²) in [4.78, 5) is 20.6. The van der Waals surface area contributed by atoms with Crippen molar-refractivity contribution in [3.63, 3.8) is 0 Å². The fraction of sp³-hybridized carbons (Fsp3) is 0.208. The summed E-state index contributed by atoms with van der Waals surface area (Å²) in [5.74, 6) is -0.329. The van der Waals surface area contributed by atoms with Crippen molar-refractivity contribution in [3.8, 4) is 11.5 Å². The Morgan fingerprint density at radius 2 is 1.86 bits per heavy atom. The predicted molar refractivity (Wildman–Crippen MR) is 124 cm³/mol. The van der Waals surface area contributed by atoms with Crippen molar-refractivity contribution in [2.45, 2.75) is 6.18 Å². The predicted octanol–water partition coefficient (Wildman–Crippen LogP) is 5.04. The number of nitrogens with zero attached hydrogens (tertiary/aromatic N) is 3. The molecule has 0 bridgehead atoms.